The first-order valence-electron chi connectivity index (χ1n) is 7.17. The Bertz CT molecular complexity index is 400. The molecule has 0 saturated carbocycles. The lowest BCUT2D eigenvalue weighted by Gasteiger charge is -2.13. The second-order valence-corrected chi connectivity index (χ2v) is 5.33. The lowest BCUT2D eigenvalue weighted by molar-refractivity contribution is -0.125. The Morgan fingerprint density at radius 1 is 1.37 bits per heavy atom. The van der Waals surface area contributed by atoms with E-state index in [1.807, 2.05) is 13.8 Å². The summed E-state index contributed by atoms with van der Waals surface area (Å²) in [6.45, 7) is 6.71. The van der Waals surface area contributed by atoms with Gasteiger partial charge in [-0.3, -0.25) is 9.89 Å². The average Bonchev–Trinajstić information content (AvgIpc) is 2.64. The van der Waals surface area contributed by atoms with Crippen LogP contribution in [0.25, 0.3) is 0 Å². The second kappa shape index (κ2) is 6.70. The Labute approximate surface area is 114 Å². The Kier molecular flexibility index (Phi) is 4.96. The molecule has 0 spiro atoms. The van der Waals surface area contributed by atoms with Gasteiger partial charge in [0, 0.05) is 18.2 Å². The van der Waals surface area contributed by atoms with Crippen LogP contribution in [0.2, 0.25) is 0 Å². The molecule has 1 amide bonds. The average molecular weight is 264 g/mol. The van der Waals surface area contributed by atoms with Crippen molar-refractivity contribution in [3.05, 3.63) is 17.0 Å². The van der Waals surface area contributed by atoms with Crippen LogP contribution in [0.3, 0.4) is 0 Å². The number of aryl methyl sites for hydroxylation is 2. The van der Waals surface area contributed by atoms with Crippen molar-refractivity contribution in [2.75, 3.05) is 19.6 Å². The summed E-state index contributed by atoms with van der Waals surface area (Å²) < 4.78 is 0. The van der Waals surface area contributed by atoms with Crippen LogP contribution in [0.4, 0.5) is 0 Å². The van der Waals surface area contributed by atoms with E-state index in [4.69, 9.17) is 0 Å². The van der Waals surface area contributed by atoms with Gasteiger partial charge in [-0.15, -0.1) is 0 Å². The Balaban J connectivity index is 1.77. The molecule has 1 aromatic rings. The van der Waals surface area contributed by atoms with Gasteiger partial charge in [0.15, 0.2) is 0 Å². The van der Waals surface area contributed by atoms with E-state index in [2.05, 4.69) is 20.8 Å². The van der Waals surface area contributed by atoms with Gasteiger partial charge in [-0.2, -0.15) is 5.10 Å². The van der Waals surface area contributed by atoms with E-state index < -0.39 is 0 Å². The van der Waals surface area contributed by atoms with Crippen molar-refractivity contribution in [3.8, 4) is 0 Å². The predicted octanol–water partition coefficient (Wildman–Crippen LogP) is 1.07. The molecular formula is C14H24N4O. The van der Waals surface area contributed by atoms with Crippen molar-refractivity contribution in [2.45, 2.75) is 39.5 Å². The van der Waals surface area contributed by atoms with Gasteiger partial charge in [0.1, 0.15) is 0 Å². The summed E-state index contributed by atoms with van der Waals surface area (Å²) in [6, 6.07) is 0. The first-order valence-corrected chi connectivity index (χ1v) is 7.17. The highest BCUT2D eigenvalue weighted by atomic mass is 16.1. The molecule has 2 rings (SSSR count). The van der Waals surface area contributed by atoms with Crippen molar-refractivity contribution in [3.63, 3.8) is 0 Å². The number of aromatic nitrogens is 2. The van der Waals surface area contributed by atoms with E-state index in [0.29, 0.717) is 6.54 Å². The van der Waals surface area contributed by atoms with Crippen LogP contribution in [0, 0.1) is 19.8 Å². The lowest BCUT2D eigenvalue weighted by atomic mass is 10.00. The highest BCUT2D eigenvalue weighted by molar-refractivity contribution is 5.78. The van der Waals surface area contributed by atoms with E-state index in [1.54, 1.807) is 0 Å². The van der Waals surface area contributed by atoms with Crippen molar-refractivity contribution >= 4 is 5.91 Å². The van der Waals surface area contributed by atoms with Crippen molar-refractivity contribution < 1.29 is 4.79 Å². The molecule has 0 aliphatic carbocycles. The minimum Gasteiger partial charge on any atom is -0.356 e. The summed E-state index contributed by atoms with van der Waals surface area (Å²) in [5.74, 6) is 0.393. The number of hydrogen-bond donors (Lipinski definition) is 3. The molecule has 1 aromatic heterocycles. The summed E-state index contributed by atoms with van der Waals surface area (Å²) in [7, 11) is 0. The van der Waals surface area contributed by atoms with E-state index in [1.165, 1.54) is 5.56 Å². The van der Waals surface area contributed by atoms with Gasteiger partial charge >= 0.3 is 0 Å². The number of carbonyl (C=O) groups excluding carboxylic acids is 1. The fraction of sp³-hybridized carbons (Fsp3) is 0.714. The SMILES string of the molecule is Cc1n[nH]c(C)c1CCNC(=O)[C@@H]1CCCNCC1. The number of amides is 1. The van der Waals surface area contributed by atoms with Gasteiger partial charge in [0.2, 0.25) is 5.91 Å². The van der Waals surface area contributed by atoms with Crippen LogP contribution in [0.5, 0.6) is 0 Å². The smallest absolute Gasteiger partial charge is 0.223 e. The number of nitrogens with one attached hydrogen (secondary N) is 3. The van der Waals surface area contributed by atoms with Crippen LogP contribution in [-0.4, -0.2) is 35.7 Å². The van der Waals surface area contributed by atoms with Crippen molar-refractivity contribution in [1.82, 2.24) is 20.8 Å². The quantitative estimate of drug-likeness (QED) is 0.762. The van der Waals surface area contributed by atoms with Crippen molar-refractivity contribution in [1.29, 1.82) is 0 Å². The molecule has 0 unspecified atom stereocenters. The third-order valence-corrected chi connectivity index (χ3v) is 3.90. The number of hydrogen-bond acceptors (Lipinski definition) is 3. The Morgan fingerprint density at radius 3 is 2.95 bits per heavy atom. The molecule has 5 heteroatoms. The van der Waals surface area contributed by atoms with E-state index in [9.17, 15) is 4.79 Å². The fourth-order valence-corrected chi connectivity index (χ4v) is 2.68. The van der Waals surface area contributed by atoms with Crippen LogP contribution in [0.15, 0.2) is 0 Å². The fourth-order valence-electron chi connectivity index (χ4n) is 2.68. The molecule has 1 atom stereocenters. The van der Waals surface area contributed by atoms with E-state index in [-0.39, 0.29) is 11.8 Å². The largest absolute Gasteiger partial charge is 0.356 e. The molecule has 1 saturated heterocycles. The molecule has 0 aromatic carbocycles. The number of carbonyl (C=O) groups is 1. The maximum absolute atomic E-state index is 12.1. The van der Waals surface area contributed by atoms with Gasteiger partial charge in [0.05, 0.1) is 5.69 Å². The molecule has 2 heterocycles. The summed E-state index contributed by atoms with van der Waals surface area (Å²) in [5.41, 5.74) is 3.36. The zero-order valence-corrected chi connectivity index (χ0v) is 11.9. The molecular weight excluding hydrogens is 240 g/mol. The highest BCUT2D eigenvalue weighted by Crippen LogP contribution is 2.14. The summed E-state index contributed by atoms with van der Waals surface area (Å²) >= 11 is 0. The maximum atomic E-state index is 12.1. The molecule has 106 valence electrons. The van der Waals surface area contributed by atoms with Gasteiger partial charge in [-0.1, -0.05) is 0 Å². The number of aromatic amines is 1. The topological polar surface area (TPSA) is 69.8 Å². The molecule has 3 N–H and O–H groups in total. The van der Waals surface area contributed by atoms with Gasteiger partial charge in [-0.05, 0) is 58.2 Å². The molecule has 0 bridgehead atoms. The van der Waals surface area contributed by atoms with Gasteiger partial charge in [-0.25, -0.2) is 0 Å². The van der Waals surface area contributed by atoms with Crippen LogP contribution < -0.4 is 10.6 Å². The third-order valence-electron chi connectivity index (χ3n) is 3.90. The molecule has 0 radical (unpaired) electrons. The standard InChI is InChI=1S/C14H24N4O/c1-10-13(11(2)18-17-10)6-9-16-14(19)12-4-3-7-15-8-5-12/h12,15H,3-9H2,1-2H3,(H,16,19)(H,17,18)/t12-/m1/s1. The van der Waals surface area contributed by atoms with Gasteiger partial charge in [0.25, 0.3) is 0 Å². The minimum absolute atomic E-state index is 0.182. The van der Waals surface area contributed by atoms with Gasteiger partial charge < -0.3 is 10.6 Å². The van der Waals surface area contributed by atoms with E-state index >= 15 is 0 Å². The molecule has 1 aliphatic rings. The first-order chi connectivity index (χ1) is 9.18. The van der Waals surface area contributed by atoms with Crippen molar-refractivity contribution in [2.24, 2.45) is 5.92 Å². The zero-order valence-electron chi connectivity index (χ0n) is 11.9. The summed E-state index contributed by atoms with van der Waals surface area (Å²) in [5, 5.41) is 13.5. The maximum Gasteiger partial charge on any atom is 0.223 e. The second-order valence-electron chi connectivity index (χ2n) is 5.33. The van der Waals surface area contributed by atoms with E-state index in [0.717, 1.165) is 50.2 Å². The Hall–Kier alpha value is -1.36. The number of rotatable bonds is 4. The summed E-state index contributed by atoms with van der Waals surface area (Å²) in [4.78, 5) is 12.1. The van der Waals surface area contributed by atoms with Crippen LogP contribution in [0.1, 0.15) is 36.2 Å². The number of nitrogens with zero attached hydrogens (tertiary/aromatic N) is 1. The monoisotopic (exact) mass is 264 g/mol. The minimum atomic E-state index is 0.182. The van der Waals surface area contributed by atoms with Crippen LogP contribution >= 0.6 is 0 Å². The third kappa shape index (κ3) is 3.80. The number of H-pyrrole nitrogens is 1. The zero-order chi connectivity index (χ0) is 13.7. The highest BCUT2D eigenvalue weighted by Gasteiger charge is 2.19. The first kappa shape index (κ1) is 14.1. The molecule has 19 heavy (non-hydrogen) atoms. The molecule has 1 aliphatic heterocycles. The normalized spacial score (nSPS) is 20.0. The lowest BCUT2D eigenvalue weighted by Crippen LogP contribution is -2.32. The molecule has 1 fully saturated rings. The van der Waals surface area contributed by atoms with Crippen LogP contribution in [-0.2, 0) is 11.2 Å². The predicted molar refractivity (Wildman–Crippen MR) is 75.0 cm³/mol. The summed E-state index contributed by atoms with van der Waals surface area (Å²) in [6.07, 6.45) is 3.90. The molecule has 5 nitrogen and oxygen atoms in total. The Morgan fingerprint density at radius 2 is 2.21 bits per heavy atom.